The SMILES string of the molecule is C=C1/C=C(c2ccc(C)cc2)\C=C/Cc2cc(-c3ccc4c(c3)-c3ccccc3C4(C)C)ccc2S1.CC. The lowest BCUT2D eigenvalue weighted by molar-refractivity contribution is 0.660. The third-order valence-corrected chi connectivity index (χ3v) is 8.55. The van der Waals surface area contributed by atoms with Crippen LogP contribution in [0.3, 0.4) is 0 Å². The van der Waals surface area contributed by atoms with Crippen LogP contribution in [0.15, 0.2) is 120 Å². The van der Waals surface area contributed by atoms with Gasteiger partial charge in [-0.2, -0.15) is 0 Å². The Balaban J connectivity index is 0.00000144. The van der Waals surface area contributed by atoms with E-state index in [1.54, 1.807) is 11.8 Å². The van der Waals surface area contributed by atoms with Crippen LogP contribution in [0.5, 0.6) is 0 Å². The number of hydrogen-bond donors (Lipinski definition) is 0. The van der Waals surface area contributed by atoms with Crippen molar-refractivity contribution in [2.75, 3.05) is 0 Å². The van der Waals surface area contributed by atoms with Crippen molar-refractivity contribution >= 4 is 17.3 Å². The Morgan fingerprint density at radius 2 is 1.39 bits per heavy atom. The summed E-state index contributed by atoms with van der Waals surface area (Å²) < 4.78 is 0. The zero-order chi connectivity index (χ0) is 26.9. The summed E-state index contributed by atoms with van der Waals surface area (Å²) >= 11 is 1.76. The van der Waals surface area contributed by atoms with Crippen LogP contribution in [-0.4, -0.2) is 0 Å². The van der Waals surface area contributed by atoms with Crippen LogP contribution < -0.4 is 0 Å². The van der Waals surface area contributed by atoms with Crippen molar-refractivity contribution in [3.8, 4) is 22.3 Å². The summed E-state index contributed by atoms with van der Waals surface area (Å²) in [5.74, 6) is 0. The average Bonchev–Trinajstić information content (AvgIpc) is 3.20. The molecule has 1 aliphatic heterocycles. The summed E-state index contributed by atoms with van der Waals surface area (Å²) in [6.07, 6.45) is 7.63. The maximum Gasteiger partial charge on any atom is 0.0158 e. The van der Waals surface area contributed by atoms with Crippen LogP contribution in [0.2, 0.25) is 0 Å². The molecule has 0 spiro atoms. The maximum atomic E-state index is 4.36. The van der Waals surface area contributed by atoms with Gasteiger partial charge in [-0.3, -0.25) is 0 Å². The van der Waals surface area contributed by atoms with Gasteiger partial charge in [-0.1, -0.05) is 130 Å². The van der Waals surface area contributed by atoms with Crippen molar-refractivity contribution in [1.29, 1.82) is 0 Å². The molecule has 0 unspecified atom stereocenters. The Morgan fingerprint density at radius 3 is 2.18 bits per heavy atom. The number of fused-ring (bicyclic) bond motifs is 4. The summed E-state index contributed by atoms with van der Waals surface area (Å²) in [4.78, 5) is 2.34. The topological polar surface area (TPSA) is 0 Å². The highest BCUT2D eigenvalue weighted by atomic mass is 32.2. The van der Waals surface area contributed by atoms with Gasteiger partial charge in [-0.05, 0) is 87.7 Å². The van der Waals surface area contributed by atoms with E-state index in [0.717, 1.165) is 11.3 Å². The van der Waals surface area contributed by atoms with Crippen LogP contribution in [0, 0.1) is 6.92 Å². The number of thioether (sulfide) groups is 1. The van der Waals surface area contributed by atoms with E-state index in [-0.39, 0.29) is 5.41 Å². The van der Waals surface area contributed by atoms with Crippen molar-refractivity contribution < 1.29 is 0 Å². The molecule has 1 heteroatoms. The highest BCUT2D eigenvalue weighted by molar-refractivity contribution is 8.03. The number of rotatable bonds is 2. The molecule has 38 heavy (non-hydrogen) atoms. The van der Waals surface area contributed by atoms with Crippen molar-refractivity contribution in [2.45, 2.75) is 51.3 Å². The molecule has 0 nitrogen and oxygen atoms in total. The molecular formula is C37H36S. The molecule has 0 radical (unpaired) electrons. The summed E-state index contributed by atoms with van der Waals surface area (Å²) in [6, 6.07) is 31.5. The summed E-state index contributed by atoms with van der Waals surface area (Å²) in [5, 5.41) is 0. The lowest BCUT2D eigenvalue weighted by Crippen LogP contribution is -2.14. The van der Waals surface area contributed by atoms with E-state index in [2.05, 4.69) is 131 Å². The Hall–Kier alpha value is -3.55. The van der Waals surface area contributed by atoms with Crippen molar-refractivity contribution in [3.63, 3.8) is 0 Å². The Morgan fingerprint density at radius 1 is 0.737 bits per heavy atom. The van der Waals surface area contributed by atoms with Crippen LogP contribution in [0.4, 0.5) is 0 Å². The van der Waals surface area contributed by atoms with Crippen molar-refractivity contribution in [2.24, 2.45) is 0 Å². The van der Waals surface area contributed by atoms with Crippen LogP contribution in [0.25, 0.3) is 27.8 Å². The number of benzene rings is 4. The largest absolute Gasteiger partial charge is 0.0904 e. The quantitative estimate of drug-likeness (QED) is 0.257. The molecular weight excluding hydrogens is 476 g/mol. The van der Waals surface area contributed by atoms with Crippen LogP contribution >= 0.6 is 11.8 Å². The molecule has 0 bridgehead atoms. The predicted octanol–water partition coefficient (Wildman–Crippen LogP) is 10.8. The standard InChI is InChI=1S/C35H30S.C2H6/c1-23-12-14-25(15-13-23)26-8-7-9-29-21-27(17-19-34(29)36-24(2)20-26)28-16-18-33-31(22-28)30-10-5-6-11-32(30)35(33,3)4;1-2/h5-8,10-22H,2,9H2,1,3-4H3;1-2H3/b8-7-,26-20+;. The third-order valence-electron chi connectivity index (χ3n) is 7.55. The van der Waals surface area contributed by atoms with Gasteiger partial charge < -0.3 is 0 Å². The van der Waals surface area contributed by atoms with Crippen LogP contribution in [-0.2, 0) is 11.8 Å². The third kappa shape index (κ3) is 4.84. The second kappa shape index (κ2) is 10.7. The molecule has 0 fully saturated rings. The molecule has 2 aliphatic rings. The monoisotopic (exact) mass is 512 g/mol. The van der Waals surface area contributed by atoms with Gasteiger partial charge in [0.2, 0.25) is 0 Å². The fourth-order valence-electron chi connectivity index (χ4n) is 5.55. The van der Waals surface area contributed by atoms with Gasteiger partial charge in [0.15, 0.2) is 0 Å². The molecule has 6 rings (SSSR count). The second-order valence-electron chi connectivity index (χ2n) is 10.4. The highest BCUT2D eigenvalue weighted by Crippen LogP contribution is 2.49. The zero-order valence-corrected chi connectivity index (χ0v) is 24.0. The molecule has 0 amide bonds. The highest BCUT2D eigenvalue weighted by Gasteiger charge is 2.35. The fourth-order valence-corrected chi connectivity index (χ4v) is 6.43. The smallest absolute Gasteiger partial charge is 0.0158 e. The van der Waals surface area contributed by atoms with Gasteiger partial charge >= 0.3 is 0 Å². The van der Waals surface area contributed by atoms with E-state index in [9.17, 15) is 0 Å². The van der Waals surface area contributed by atoms with E-state index in [0.29, 0.717) is 0 Å². The number of allylic oxidation sites excluding steroid dienone is 4. The average molecular weight is 513 g/mol. The van der Waals surface area contributed by atoms with Crippen molar-refractivity contribution in [1.82, 2.24) is 0 Å². The molecule has 4 aromatic carbocycles. The summed E-state index contributed by atoms with van der Waals surface area (Å²) in [6.45, 7) is 15.2. The first-order valence-corrected chi connectivity index (χ1v) is 14.4. The Kier molecular flexibility index (Phi) is 7.32. The van der Waals surface area contributed by atoms with Gasteiger partial charge in [0.1, 0.15) is 0 Å². The maximum absolute atomic E-state index is 4.36. The molecule has 190 valence electrons. The first kappa shape index (κ1) is 26.1. The molecule has 4 aromatic rings. The molecule has 1 heterocycles. The van der Waals surface area contributed by atoms with E-state index in [4.69, 9.17) is 0 Å². The lowest BCUT2D eigenvalue weighted by Gasteiger charge is -2.21. The van der Waals surface area contributed by atoms with Gasteiger partial charge in [0.25, 0.3) is 0 Å². The first-order chi connectivity index (χ1) is 18.4. The van der Waals surface area contributed by atoms with Gasteiger partial charge in [0, 0.05) is 15.2 Å². The number of hydrogen-bond acceptors (Lipinski definition) is 1. The van der Waals surface area contributed by atoms with E-state index >= 15 is 0 Å². The van der Waals surface area contributed by atoms with Gasteiger partial charge in [-0.15, -0.1) is 0 Å². The molecule has 0 saturated carbocycles. The minimum atomic E-state index is 0.0404. The molecule has 0 aromatic heterocycles. The molecule has 0 saturated heterocycles. The molecule has 1 aliphatic carbocycles. The van der Waals surface area contributed by atoms with E-state index in [1.165, 1.54) is 60.5 Å². The zero-order valence-electron chi connectivity index (χ0n) is 23.1. The van der Waals surface area contributed by atoms with E-state index in [1.807, 2.05) is 13.8 Å². The fraction of sp³-hybridized carbons (Fsp3) is 0.189. The second-order valence-corrected chi connectivity index (χ2v) is 11.6. The summed E-state index contributed by atoms with van der Waals surface area (Å²) in [7, 11) is 0. The number of aryl methyl sites for hydroxylation is 1. The summed E-state index contributed by atoms with van der Waals surface area (Å²) in [5.41, 5.74) is 13.2. The minimum Gasteiger partial charge on any atom is -0.0904 e. The minimum absolute atomic E-state index is 0.0404. The molecule has 0 atom stereocenters. The van der Waals surface area contributed by atoms with Gasteiger partial charge in [0.05, 0.1) is 0 Å². The van der Waals surface area contributed by atoms with Crippen molar-refractivity contribution in [3.05, 3.63) is 142 Å². The van der Waals surface area contributed by atoms with Crippen LogP contribution in [0.1, 0.15) is 55.5 Å². The first-order valence-electron chi connectivity index (χ1n) is 13.6. The normalized spacial score (nSPS) is 17.3. The Labute approximate surface area is 232 Å². The van der Waals surface area contributed by atoms with E-state index < -0.39 is 0 Å². The molecule has 0 N–H and O–H groups in total. The lowest BCUT2D eigenvalue weighted by atomic mass is 9.82. The predicted molar refractivity (Wildman–Crippen MR) is 168 cm³/mol. The van der Waals surface area contributed by atoms with Gasteiger partial charge in [-0.25, -0.2) is 0 Å². The Bertz CT molecular complexity index is 1560.